The smallest absolute Gasteiger partial charge is 0.382 e. The zero-order chi connectivity index (χ0) is 15.3. The summed E-state index contributed by atoms with van der Waals surface area (Å²) < 4.78 is 22.0. The predicted octanol–water partition coefficient (Wildman–Crippen LogP) is 3.52. The highest BCUT2D eigenvalue weighted by molar-refractivity contribution is 7.73. The summed E-state index contributed by atoms with van der Waals surface area (Å²) in [6, 6.07) is 15.9. The lowest BCUT2D eigenvalue weighted by molar-refractivity contribution is 0.0689. The monoisotopic (exact) mass is 304 g/mol. The topological polar surface area (TPSA) is 69.7 Å². The molecule has 0 aliphatic rings. The zero-order valence-corrected chi connectivity index (χ0v) is 12.2. The molecule has 0 aliphatic heterocycles. The van der Waals surface area contributed by atoms with Gasteiger partial charge in [-0.2, -0.15) is 0 Å². The summed E-state index contributed by atoms with van der Waals surface area (Å²) in [5, 5.41) is 0. The molecule has 0 fully saturated rings. The first-order valence-electron chi connectivity index (χ1n) is 6.11. The quantitative estimate of drug-likeness (QED) is 0.790. The first-order chi connectivity index (χ1) is 10.1. The molecule has 0 aliphatic carbocycles. The molecule has 2 aromatic carbocycles. The Balaban J connectivity index is 2.24. The van der Waals surface area contributed by atoms with Crippen LogP contribution in [0, 0.1) is 0 Å². The predicted molar refractivity (Wildman–Crippen MR) is 77.2 cm³/mol. The Labute approximate surface area is 122 Å². The fraction of sp³-hybridized carbons (Fsp3) is 0.0667. The molecule has 0 spiro atoms. The summed E-state index contributed by atoms with van der Waals surface area (Å²) in [6.07, 6.45) is 0. The van der Waals surface area contributed by atoms with Crippen LogP contribution in [0.4, 0.5) is 0 Å². The number of carbonyl (C=O) groups is 2. The summed E-state index contributed by atoms with van der Waals surface area (Å²) in [5.74, 6) is -0.870. The van der Waals surface area contributed by atoms with Gasteiger partial charge in [-0.1, -0.05) is 48.5 Å². The SMILES string of the molecule is COP(=O)(OC(=O)c1ccccc1)C(=O)c1ccccc1. The van der Waals surface area contributed by atoms with Crippen molar-refractivity contribution < 1.29 is 23.2 Å². The van der Waals surface area contributed by atoms with Gasteiger partial charge >= 0.3 is 13.6 Å². The molecule has 0 saturated heterocycles. The minimum Gasteiger partial charge on any atom is -0.382 e. The van der Waals surface area contributed by atoms with Crippen molar-refractivity contribution in [2.45, 2.75) is 0 Å². The highest BCUT2D eigenvalue weighted by Crippen LogP contribution is 2.51. The van der Waals surface area contributed by atoms with Crippen LogP contribution in [0.3, 0.4) is 0 Å². The van der Waals surface area contributed by atoms with Crippen LogP contribution < -0.4 is 0 Å². The molecule has 2 rings (SSSR count). The Kier molecular flexibility index (Phi) is 4.68. The Morgan fingerprint density at radius 2 is 1.33 bits per heavy atom. The van der Waals surface area contributed by atoms with Crippen LogP contribution in [0.15, 0.2) is 60.7 Å². The van der Waals surface area contributed by atoms with Gasteiger partial charge in [-0.15, -0.1) is 0 Å². The third-order valence-electron chi connectivity index (χ3n) is 2.72. The molecule has 0 radical (unpaired) electrons. The Bertz CT molecular complexity index is 682. The molecule has 5 nitrogen and oxygen atoms in total. The molecule has 0 saturated carbocycles. The Morgan fingerprint density at radius 3 is 1.81 bits per heavy atom. The van der Waals surface area contributed by atoms with Crippen LogP contribution in [0.2, 0.25) is 0 Å². The summed E-state index contributed by atoms with van der Waals surface area (Å²) in [7, 11) is -3.15. The van der Waals surface area contributed by atoms with Gasteiger partial charge in [0.25, 0.3) is 5.52 Å². The van der Waals surface area contributed by atoms with Gasteiger partial charge in [-0.05, 0) is 12.1 Å². The van der Waals surface area contributed by atoms with Crippen molar-refractivity contribution in [2.24, 2.45) is 0 Å². The molecule has 108 valence electrons. The van der Waals surface area contributed by atoms with E-state index in [-0.39, 0.29) is 11.1 Å². The van der Waals surface area contributed by atoms with Gasteiger partial charge in [-0.25, -0.2) is 9.36 Å². The van der Waals surface area contributed by atoms with Crippen LogP contribution in [-0.2, 0) is 13.6 Å². The molecule has 2 aromatic rings. The van der Waals surface area contributed by atoms with Gasteiger partial charge in [0, 0.05) is 12.7 Å². The van der Waals surface area contributed by atoms with E-state index in [2.05, 4.69) is 0 Å². The molecule has 1 atom stereocenters. The highest BCUT2D eigenvalue weighted by Gasteiger charge is 2.38. The molecular weight excluding hydrogens is 291 g/mol. The van der Waals surface area contributed by atoms with Crippen LogP contribution in [0.5, 0.6) is 0 Å². The number of hydrogen-bond donors (Lipinski definition) is 0. The van der Waals surface area contributed by atoms with E-state index in [0.29, 0.717) is 0 Å². The van der Waals surface area contributed by atoms with Crippen LogP contribution in [0.25, 0.3) is 0 Å². The van der Waals surface area contributed by atoms with E-state index in [1.54, 1.807) is 36.4 Å². The zero-order valence-electron chi connectivity index (χ0n) is 11.3. The van der Waals surface area contributed by atoms with E-state index in [4.69, 9.17) is 9.05 Å². The molecule has 0 amide bonds. The summed E-state index contributed by atoms with van der Waals surface area (Å²) >= 11 is 0. The maximum atomic E-state index is 12.5. The average molecular weight is 304 g/mol. The molecule has 1 unspecified atom stereocenters. The minimum absolute atomic E-state index is 0.156. The molecule has 6 heteroatoms. The van der Waals surface area contributed by atoms with Gasteiger partial charge < -0.3 is 4.52 Å². The first kappa shape index (κ1) is 15.2. The van der Waals surface area contributed by atoms with E-state index in [1.165, 1.54) is 24.3 Å². The number of rotatable bonds is 5. The van der Waals surface area contributed by atoms with E-state index in [1.807, 2.05) is 0 Å². The molecule has 0 aromatic heterocycles. The largest absolute Gasteiger partial charge is 0.453 e. The minimum atomic E-state index is -4.22. The highest BCUT2D eigenvalue weighted by atomic mass is 31.2. The molecule has 21 heavy (non-hydrogen) atoms. The number of carbonyl (C=O) groups excluding carboxylic acids is 2. The summed E-state index contributed by atoms with van der Waals surface area (Å²) in [6.45, 7) is 0. The van der Waals surface area contributed by atoms with Crippen molar-refractivity contribution in [1.29, 1.82) is 0 Å². The lowest BCUT2D eigenvalue weighted by atomic mass is 10.2. The number of hydrogen-bond acceptors (Lipinski definition) is 5. The van der Waals surface area contributed by atoms with Crippen molar-refractivity contribution in [1.82, 2.24) is 0 Å². The normalized spacial score (nSPS) is 13.2. The van der Waals surface area contributed by atoms with Crippen LogP contribution >= 0.6 is 7.60 Å². The molecule has 0 N–H and O–H groups in total. The average Bonchev–Trinajstić information content (AvgIpc) is 2.55. The third kappa shape index (κ3) is 3.45. The lowest BCUT2D eigenvalue weighted by Gasteiger charge is -2.14. The number of benzene rings is 2. The summed E-state index contributed by atoms with van der Waals surface area (Å²) in [4.78, 5) is 24.1. The molecule has 0 heterocycles. The summed E-state index contributed by atoms with van der Waals surface area (Å²) in [5.41, 5.74) is -0.505. The Hall–Kier alpha value is -2.23. The van der Waals surface area contributed by atoms with E-state index >= 15 is 0 Å². The van der Waals surface area contributed by atoms with Gasteiger partial charge in [0.1, 0.15) is 0 Å². The second-order valence-corrected chi connectivity index (χ2v) is 6.04. The third-order valence-corrected chi connectivity index (χ3v) is 4.36. The van der Waals surface area contributed by atoms with Crippen molar-refractivity contribution in [3.8, 4) is 0 Å². The second-order valence-electron chi connectivity index (χ2n) is 4.10. The van der Waals surface area contributed by atoms with Gasteiger partial charge in [0.05, 0.1) is 5.56 Å². The van der Waals surface area contributed by atoms with Crippen LogP contribution in [-0.4, -0.2) is 18.6 Å². The van der Waals surface area contributed by atoms with Crippen LogP contribution in [0.1, 0.15) is 20.7 Å². The van der Waals surface area contributed by atoms with E-state index < -0.39 is 19.1 Å². The maximum Gasteiger partial charge on any atom is 0.453 e. The molecular formula is C15H13O5P. The van der Waals surface area contributed by atoms with E-state index in [9.17, 15) is 14.2 Å². The maximum absolute atomic E-state index is 12.5. The van der Waals surface area contributed by atoms with Crippen molar-refractivity contribution in [3.05, 3.63) is 71.8 Å². The van der Waals surface area contributed by atoms with Gasteiger partial charge in [-0.3, -0.25) is 9.32 Å². The fourth-order valence-corrected chi connectivity index (χ4v) is 2.75. The Morgan fingerprint density at radius 1 is 0.857 bits per heavy atom. The van der Waals surface area contributed by atoms with Gasteiger partial charge in [0.15, 0.2) is 0 Å². The van der Waals surface area contributed by atoms with Crippen molar-refractivity contribution >= 4 is 19.1 Å². The van der Waals surface area contributed by atoms with Crippen molar-refractivity contribution in [2.75, 3.05) is 7.11 Å². The molecule has 0 bridgehead atoms. The second kappa shape index (κ2) is 6.48. The van der Waals surface area contributed by atoms with E-state index in [0.717, 1.165) is 7.11 Å². The van der Waals surface area contributed by atoms with Crippen molar-refractivity contribution in [3.63, 3.8) is 0 Å². The fourth-order valence-electron chi connectivity index (χ4n) is 1.64. The standard InChI is InChI=1S/C15H13O5P/c1-19-21(18,15(17)13-10-6-3-7-11-13)20-14(16)12-8-4-2-5-9-12/h2-11H,1H3. The van der Waals surface area contributed by atoms with Gasteiger partial charge in [0.2, 0.25) is 0 Å². The lowest BCUT2D eigenvalue weighted by Crippen LogP contribution is -2.11. The first-order valence-corrected chi connectivity index (χ1v) is 7.66.